The summed E-state index contributed by atoms with van der Waals surface area (Å²) in [7, 11) is 0. The minimum absolute atomic E-state index is 0.0730. The normalized spacial score (nSPS) is 18.0. The highest BCUT2D eigenvalue weighted by atomic mass is 16.1. The van der Waals surface area contributed by atoms with Crippen LogP contribution in [0, 0.1) is 6.92 Å². The number of H-pyrrole nitrogens is 1. The predicted molar refractivity (Wildman–Crippen MR) is 127 cm³/mol. The summed E-state index contributed by atoms with van der Waals surface area (Å²) in [5.74, 6) is 0.777. The Morgan fingerprint density at radius 3 is 2.73 bits per heavy atom. The van der Waals surface area contributed by atoms with Crippen molar-refractivity contribution in [3.8, 4) is 0 Å². The zero-order valence-corrected chi connectivity index (χ0v) is 18.9. The van der Waals surface area contributed by atoms with Gasteiger partial charge in [-0.25, -0.2) is 4.68 Å². The average Bonchev–Trinajstić information content (AvgIpc) is 3.52. The van der Waals surface area contributed by atoms with Crippen LogP contribution >= 0.6 is 0 Å². The van der Waals surface area contributed by atoms with E-state index in [0.717, 1.165) is 49.1 Å². The Morgan fingerprint density at radius 2 is 1.88 bits per heavy atom. The first-order chi connectivity index (χ1) is 16.2. The molecule has 2 aromatic heterocycles. The summed E-state index contributed by atoms with van der Waals surface area (Å²) in [4.78, 5) is 18.9. The highest BCUT2D eigenvalue weighted by Crippen LogP contribution is 2.35. The van der Waals surface area contributed by atoms with Gasteiger partial charge in [-0.1, -0.05) is 48.7 Å². The van der Waals surface area contributed by atoms with E-state index in [9.17, 15) is 4.79 Å². The highest BCUT2D eigenvalue weighted by Gasteiger charge is 2.34. The monoisotopic (exact) mass is 440 g/mol. The number of fused-ring (bicyclic) bond motifs is 2. The Hall–Kier alpha value is -3.32. The van der Waals surface area contributed by atoms with E-state index in [0.29, 0.717) is 11.6 Å². The summed E-state index contributed by atoms with van der Waals surface area (Å²) in [6.07, 6.45) is 5.51. The molecule has 1 N–H and O–H groups in total. The Balaban J connectivity index is 1.51. The molecule has 2 aromatic carbocycles. The van der Waals surface area contributed by atoms with Gasteiger partial charge in [-0.2, -0.15) is 0 Å². The summed E-state index contributed by atoms with van der Waals surface area (Å²) in [5, 5.41) is 14.0. The van der Waals surface area contributed by atoms with Gasteiger partial charge < -0.3 is 4.98 Å². The Labute approximate surface area is 192 Å². The number of aryl methyl sites for hydroxylation is 1. The van der Waals surface area contributed by atoms with Gasteiger partial charge in [0.2, 0.25) is 0 Å². The van der Waals surface area contributed by atoms with Gasteiger partial charge in [0.05, 0.1) is 6.04 Å². The maximum absolute atomic E-state index is 13.4. The number of pyridine rings is 1. The number of aromatic amines is 1. The first-order valence-electron chi connectivity index (χ1n) is 11.9. The van der Waals surface area contributed by atoms with Gasteiger partial charge in [-0.05, 0) is 71.3 Å². The topological polar surface area (TPSA) is 79.7 Å². The number of hydrogen-bond donors (Lipinski definition) is 1. The van der Waals surface area contributed by atoms with E-state index < -0.39 is 0 Å². The maximum atomic E-state index is 13.4. The van der Waals surface area contributed by atoms with Crippen molar-refractivity contribution >= 4 is 10.9 Å². The summed E-state index contributed by atoms with van der Waals surface area (Å²) in [6.45, 7) is 3.69. The highest BCUT2D eigenvalue weighted by molar-refractivity contribution is 5.79. The van der Waals surface area contributed by atoms with Crippen LogP contribution in [-0.2, 0) is 13.0 Å². The molecule has 0 unspecified atom stereocenters. The second-order valence-corrected chi connectivity index (χ2v) is 9.46. The third kappa shape index (κ3) is 3.66. The van der Waals surface area contributed by atoms with Gasteiger partial charge >= 0.3 is 0 Å². The van der Waals surface area contributed by atoms with Crippen molar-refractivity contribution in [2.45, 2.75) is 57.7 Å². The van der Waals surface area contributed by atoms with E-state index in [2.05, 4.69) is 62.7 Å². The lowest BCUT2D eigenvalue weighted by Crippen LogP contribution is -2.39. The summed E-state index contributed by atoms with van der Waals surface area (Å²) >= 11 is 0. The van der Waals surface area contributed by atoms with Crippen LogP contribution in [0.2, 0.25) is 0 Å². The average molecular weight is 441 g/mol. The zero-order valence-electron chi connectivity index (χ0n) is 18.9. The summed E-state index contributed by atoms with van der Waals surface area (Å²) < 4.78 is 2.00. The van der Waals surface area contributed by atoms with Crippen LogP contribution in [0.25, 0.3) is 10.9 Å². The molecule has 0 amide bonds. The van der Waals surface area contributed by atoms with Crippen molar-refractivity contribution in [1.29, 1.82) is 0 Å². The van der Waals surface area contributed by atoms with Gasteiger partial charge in [0.25, 0.3) is 5.56 Å². The molecule has 33 heavy (non-hydrogen) atoms. The van der Waals surface area contributed by atoms with Crippen LogP contribution in [0.3, 0.4) is 0 Å². The number of nitrogens with zero attached hydrogens (tertiary/aromatic N) is 5. The van der Waals surface area contributed by atoms with E-state index >= 15 is 0 Å². The fourth-order valence-corrected chi connectivity index (χ4v) is 5.57. The molecule has 1 fully saturated rings. The number of rotatable bonds is 4. The van der Waals surface area contributed by atoms with E-state index in [1.165, 1.54) is 29.5 Å². The van der Waals surface area contributed by atoms with Crippen LogP contribution < -0.4 is 5.56 Å². The fourth-order valence-electron chi connectivity index (χ4n) is 5.57. The van der Waals surface area contributed by atoms with Crippen molar-refractivity contribution in [1.82, 2.24) is 30.1 Å². The summed E-state index contributed by atoms with van der Waals surface area (Å²) in [5.41, 5.74) is 5.34. The first-order valence-corrected chi connectivity index (χ1v) is 11.9. The van der Waals surface area contributed by atoms with Crippen LogP contribution in [0.4, 0.5) is 0 Å². The van der Waals surface area contributed by atoms with Crippen molar-refractivity contribution in [3.05, 3.63) is 87.0 Å². The van der Waals surface area contributed by atoms with Gasteiger partial charge in [0.1, 0.15) is 6.04 Å². The van der Waals surface area contributed by atoms with Crippen molar-refractivity contribution in [2.75, 3.05) is 6.54 Å². The van der Waals surface area contributed by atoms with Crippen molar-refractivity contribution in [2.24, 2.45) is 0 Å². The van der Waals surface area contributed by atoms with Gasteiger partial charge in [0, 0.05) is 24.2 Å². The quantitative estimate of drug-likeness (QED) is 0.517. The van der Waals surface area contributed by atoms with Crippen LogP contribution in [0.15, 0.2) is 53.3 Å². The molecule has 168 valence electrons. The molecule has 1 saturated carbocycles. The van der Waals surface area contributed by atoms with Crippen LogP contribution in [0.1, 0.15) is 65.8 Å². The van der Waals surface area contributed by atoms with Gasteiger partial charge in [-0.3, -0.25) is 9.69 Å². The van der Waals surface area contributed by atoms with E-state index in [-0.39, 0.29) is 11.6 Å². The van der Waals surface area contributed by atoms with Crippen LogP contribution in [0.5, 0.6) is 0 Å². The molecule has 0 saturated heterocycles. The van der Waals surface area contributed by atoms with Gasteiger partial charge in [-0.15, -0.1) is 5.10 Å². The minimum atomic E-state index is -0.303. The molecule has 0 spiro atoms. The molecule has 1 atom stereocenters. The largest absolute Gasteiger partial charge is 0.322 e. The molecule has 3 heterocycles. The minimum Gasteiger partial charge on any atom is -0.322 e. The molecule has 6 rings (SSSR count). The molecule has 1 aliphatic carbocycles. The second-order valence-electron chi connectivity index (χ2n) is 9.46. The number of nitrogens with one attached hydrogen (secondary N) is 1. The van der Waals surface area contributed by atoms with E-state index in [4.69, 9.17) is 0 Å². The van der Waals surface area contributed by atoms with E-state index in [1.54, 1.807) is 0 Å². The molecule has 0 bridgehead atoms. The maximum Gasteiger partial charge on any atom is 0.253 e. The van der Waals surface area contributed by atoms with Crippen LogP contribution in [-0.4, -0.2) is 36.6 Å². The Morgan fingerprint density at radius 1 is 1.06 bits per heavy atom. The van der Waals surface area contributed by atoms with Gasteiger partial charge in [0.15, 0.2) is 5.82 Å². The van der Waals surface area contributed by atoms with Crippen molar-refractivity contribution in [3.63, 3.8) is 0 Å². The molecule has 1 aliphatic heterocycles. The third-order valence-corrected chi connectivity index (χ3v) is 7.28. The molecule has 4 aromatic rings. The van der Waals surface area contributed by atoms with E-state index in [1.807, 2.05) is 22.9 Å². The smallest absolute Gasteiger partial charge is 0.253 e. The molecule has 7 nitrogen and oxygen atoms in total. The lowest BCUT2D eigenvalue weighted by molar-refractivity contribution is 0.190. The Bertz CT molecular complexity index is 1370. The zero-order chi connectivity index (χ0) is 22.4. The lowest BCUT2D eigenvalue weighted by atomic mass is 9.95. The first kappa shape index (κ1) is 20.3. The lowest BCUT2D eigenvalue weighted by Gasteiger charge is -2.35. The molecular formula is C26H28N6O. The van der Waals surface area contributed by atoms with Crippen molar-refractivity contribution < 1.29 is 0 Å². The SMILES string of the molecule is Cc1ccc2[nH]c(=O)c([C@@H](c3nnnn3C3CCCC3)N3CCc4ccccc4C3)cc2c1. The third-order valence-electron chi connectivity index (χ3n) is 7.28. The number of tetrazole rings is 1. The molecule has 0 radical (unpaired) electrons. The predicted octanol–water partition coefficient (Wildman–Crippen LogP) is 4.09. The number of aromatic nitrogens is 5. The Kier molecular flexibility index (Phi) is 5.06. The second kappa shape index (κ2) is 8.23. The summed E-state index contributed by atoms with van der Waals surface area (Å²) in [6, 6.07) is 16.7. The standard InChI is InChI=1S/C26H28N6O/c1-17-10-11-23-20(14-17)15-22(26(33)27-23)24(25-28-29-30-32(25)21-8-4-5-9-21)31-13-12-18-6-2-3-7-19(18)16-31/h2-3,6-7,10-11,14-15,21,24H,4-5,8-9,12-13,16H2,1H3,(H,27,33)/t24-/m0/s1. The number of hydrogen-bond acceptors (Lipinski definition) is 5. The molecular weight excluding hydrogens is 412 g/mol. The number of benzene rings is 2. The molecule has 2 aliphatic rings. The molecule has 7 heteroatoms. The fraction of sp³-hybridized carbons (Fsp3) is 0.385.